The van der Waals surface area contributed by atoms with Crippen molar-refractivity contribution < 1.29 is 81.3 Å². The van der Waals surface area contributed by atoms with E-state index in [9.17, 15) is 71.9 Å². The van der Waals surface area contributed by atoms with Crippen LogP contribution >= 0.6 is 0 Å². The van der Waals surface area contributed by atoms with Crippen LogP contribution in [0.25, 0.3) is 33.4 Å². The number of halogens is 12. The van der Waals surface area contributed by atoms with Crippen LogP contribution in [-0.2, 0) is 34.2 Å². The Morgan fingerprint density at radius 3 is 0.740 bits per heavy atom. The molecule has 0 amide bonds. The van der Waals surface area contributed by atoms with Gasteiger partial charge in [-0.3, -0.25) is 0 Å². The Morgan fingerprint density at radius 1 is 0.300 bits per heavy atom. The lowest BCUT2D eigenvalue weighted by Crippen LogP contribution is -2.11. The molecule has 4 aromatic rings. The highest BCUT2D eigenvalue weighted by Gasteiger charge is 2.41. The van der Waals surface area contributed by atoms with Gasteiger partial charge in [-0.05, 0) is 94.0 Å². The third-order valence-electron chi connectivity index (χ3n) is 7.65. The molecule has 0 spiro atoms. The maximum atomic E-state index is 13.8. The quantitative estimate of drug-likeness (QED) is 0.119. The van der Waals surface area contributed by atoms with Crippen molar-refractivity contribution in [1.29, 1.82) is 0 Å². The number of benzene rings is 4. The maximum absolute atomic E-state index is 13.8. The summed E-state index contributed by atoms with van der Waals surface area (Å²) in [5.41, 5.74) is -14.8. The molecule has 2 aliphatic rings. The number of hydrogen-bond acceptors (Lipinski definition) is 6. The molecule has 0 aliphatic carbocycles. The molecule has 4 aromatic carbocycles. The van der Waals surface area contributed by atoms with E-state index in [1.54, 1.807) is 0 Å². The molecule has 0 N–H and O–H groups in total. The lowest BCUT2D eigenvalue weighted by atomic mass is 9.84. The van der Waals surface area contributed by atoms with Gasteiger partial charge >= 0.3 is 48.6 Å². The highest BCUT2D eigenvalue weighted by atomic mass is 19.4. The van der Waals surface area contributed by atoms with Crippen molar-refractivity contribution >= 4 is 23.9 Å². The Hall–Kier alpha value is -5.68. The largest absolute Gasteiger partial charge is 0.416 e. The average molecular weight is 718 g/mol. The van der Waals surface area contributed by atoms with Crippen molar-refractivity contribution in [2.24, 2.45) is 0 Å². The second kappa shape index (κ2) is 10.9. The molecule has 0 saturated heterocycles. The summed E-state index contributed by atoms with van der Waals surface area (Å²) >= 11 is 0. The normalized spacial score (nSPS) is 14.9. The second-order valence-corrected chi connectivity index (χ2v) is 10.8. The number of carbonyl (C=O) groups excluding carboxylic acids is 4. The minimum absolute atomic E-state index is 0.208. The van der Waals surface area contributed by atoms with Crippen molar-refractivity contribution in [2.45, 2.75) is 24.7 Å². The summed E-state index contributed by atoms with van der Waals surface area (Å²) in [6, 6.07) is 3.02. The van der Waals surface area contributed by atoms with E-state index >= 15 is 0 Å². The van der Waals surface area contributed by atoms with E-state index in [0.29, 0.717) is 24.3 Å². The van der Waals surface area contributed by atoms with Gasteiger partial charge in [0.1, 0.15) is 0 Å². The Labute approximate surface area is 268 Å². The molecule has 2 aliphatic heterocycles. The van der Waals surface area contributed by atoms with Gasteiger partial charge in [-0.1, -0.05) is 0 Å². The third-order valence-corrected chi connectivity index (χ3v) is 7.65. The SMILES string of the molecule is O=C1OC(=O)c2cc(-c3cc4c(cc3-c3cc(C(F)(F)F)cc(C(F)(F)F)c3)C(=O)OC4=O)c(-c3cc(C(F)(F)F)cc(C(F)(F)F)c3)cc21. The van der Waals surface area contributed by atoms with Gasteiger partial charge in [0.2, 0.25) is 0 Å². The summed E-state index contributed by atoms with van der Waals surface area (Å²) in [5.74, 6) is -5.55. The standard InChI is InChI=1S/C32H10F12O6/c33-29(34,35)13-1-11(2-14(5-13)30(36,37)38)17-7-21-23(27(47)49-25(21)45)9-19(17)20-10-24-22(26(46)50-28(24)48)8-18(20)12-3-15(31(39,40)41)6-16(4-12)32(42,43)44/h1-10H. The minimum atomic E-state index is -5.41. The van der Waals surface area contributed by atoms with Gasteiger partial charge in [-0.25, -0.2) is 19.2 Å². The first-order valence-corrected chi connectivity index (χ1v) is 13.4. The number of cyclic esters (lactones) is 4. The molecule has 6 nitrogen and oxygen atoms in total. The number of esters is 4. The van der Waals surface area contributed by atoms with Crippen molar-refractivity contribution in [2.75, 3.05) is 0 Å². The molecule has 2 heterocycles. The average Bonchev–Trinajstić information content (AvgIpc) is 3.45. The van der Waals surface area contributed by atoms with Gasteiger partial charge in [0.05, 0.1) is 44.5 Å². The van der Waals surface area contributed by atoms with Gasteiger partial charge < -0.3 is 9.47 Å². The van der Waals surface area contributed by atoms with E-state index in [2.05, 4.69) is 9.47 Å². The smallest absolute Gasteiger partial charge is 0.386 e. The minimum Gasteiger partial charge on any atom is -0.386 e. The fraction of sp³-hybridized carbons (Fsp3) is 0.125. The van der Waals surface area contributed by atoms with E-state index in [1.807, 2.05) is 0 Å². The highest BCUT2D eigenvalue weighted by molar-refractivity contribution is 6.18. The zero-order chi connectivity index (χ0) is 36.9. The van der Waals surface area contributed by atoms with Crippen LogP contribution < -0.4 is 0 Å². The van der Waals surface area contributed by atoms with Crippen molar-refractivity contribution in [3.63, 3.8) is 0 Å². The highest BCUT2D eigenvalue weighted by Crippen LogP contribution is 2.47. The van der Waals surface area contributed by atoms with Crippen LogP contribution in [0.1, 0.15) is 63.7 Å². The van der Waals surface area contributed by atoms with Crippen LogP contribution in [0, 0.1) is 0 Å². The van der Waals surface area contributed by atoms with Crippen LogP contribution in [0.5, 0.6) is 0 Å². The van der Waals surface area contributed by atoms with E-state index < -0.39 is 126 Å². The first-order chi connectivity index (χ1) is 22.9. The molecule has 0 radical (unpaired) electrons. The fourth-order valence-electron chi connectivity index (χ4n) is 5.41. The number of rotatable bonds is 3. The van der Waals surface area contributed by atoms with Crippen LogP contribution in [0.4, 0.5) is 52.7 Å². The number of carbonyl (C=O) groups is 4. The lowest BCUT2D eigenvalue weighted by molar-refractivity contribution is -0.144. The van der Waals surface area contributed by atoms with E-state index in [0.717, 1.165) is 0 Å². The summed E-state index contributed by atoms with van der Waals surface area (Å²) in [7, 11) is 0. The number of ether oxygens (including phenoxy) is 2. The summed E-state index contributed by atoms with van der Waals surface area (Å²) in [6.07, 6.45) is -21.6. The van der Waals surface area contributed by atoms with Gasteiger partial charge in [0, 0.05) is 0 Å². The van der Waals surface area contributed by atoms with Crippen molar-refractivity contribution in [3.05, 3.63) is 105 Å². The Kier molecular flexibility index (Phi) is 7.46. The van der Waals surface area contributed by atoms with E-state index in [4.69, 9.17) is 0 Å². The zero-order valence-corrected chi connectivity index (χ0v) is 23.8. The van der Waals surface area contributed by atoms with Crippen LogP contribution in [0.2, 0.25) is 0 Å². The summed E-state index contributed by atoms with van der Waals surface area (Å²) in [6.45, 7) is 0. The number of hydrogen-bond donors (Lipinski definition) is 0. The summed E-state index contributed by atoms with van der Waals surface area (Å²) in [4.78, 5) is 49.9. The van der Waals surface area contributed by atoms with Crippen molar-refractivity contribution in [3.8, 4) is 33.4 Å². The second-order valence-electron chi connectivity index (χ2n) is 10.8. The molecular weight excluding hydrogens is 708 g/mol. The van der Waals surface area contributed by atoms with Crippen LogP contribution in [0.3, 0.4) is 0 Å². The molecule has 50 heavy (non-hydrogen) atoms. The van der Waals surface area contributed by atoms with Crippen LogP contribution in [0.15, 0.2) is 60.7 Å². The lowest BCUT2D eigenvalue weighted by Gasteiger charge is -2.20. The predicted molar refractivity (Wildman–Crippen MR) is 142 cm³/mol. The number of alkyl halides is 12. The van der Waals surface area contributed by atoms with E-state index in [1.165, 1.54) is 0 Å². The Bertz CT molecular complexity index is 1970. The Balaban J connectivity index is 1.77. The number of fused-ring (bicyclic) bond motifs is 2. The molecule has 258 valence electrons. The molecule has 0 fully saturated rings. The molecule has 0 aromatic heterocycles. The summed E-state index contributed by atoms with van der Waals surface area (Å²) in [5, 5.41) is 0. The molecule has 0 bridgehead atoms. The van der Waals surface area contributed by atoms with Gasteiger partial charge in [-0.2, -0.15) is 52.7 Å². The molecular formula is C32H10F12O6. The maximum Gasteiger partial charge on any atom is 0.416 e. The van der Waals surface area contributed by atoms with Gasteiger partial charge in [-0.15, -0.1) is 0 Å². The van der Waals surface area contributed by atoms with Crippen molar-refractivity contribution in [1.82, 2.24) is 0 Å². The van der Waals surface area contributed by atoms with Crippen LogP contribution in [-0.4, -0.2) is 23.9 Å². The zero-order valence-electron chi connectivity index (χ0n) is 23.8. The van der Waals surface area contributed by atoms with E-state index in [-0.39, 0.29) is 36.4 Å². The third kappa shape index (κ3) is 5.94. The molecule has 0 saturated carbocycles. The molecule has 6 rings (SSSR count). The monoisotopic (exact) mass is 718 g/mol. The summed E-state index contributed by atoms with van der Waals surface area (Å²) < 4.78 is 175. The topological polar surface area (TPSA) is 86.7 Å². The molecule has 0 unspecified atom stereocenters. The Morgan fingerprint density at radius 2 is 0.520 bits per heavy atom. The predicted octanol–water partition coefficient (Wildman–Crippen LogP) is 9.38. The van der Waals surface area contributed by atoms with Gasteiger partial charge in [0.25, 0.3) is 0 Å². The first-order valence-electron chi connectivity index (χ1n) is 13.4. The fourth-order valence-corrected chi connectivity index (χ4v) is 5.41. The van der Waals surface area contributed by atoms with Gasteiger partial charge in [0.15, 0.2) is 0 Å². The molecule has 0 atom stereocenters. The molecule has 18 heteroatoms. The first kappa shape index (κ1) is 34.2.